The van der Waals surface area contributed by atoms with E-state index in [2.05, 4.69) is 20.7 Å². The first kappa shape index (κ1) is 13.6. The summed E-state index contributed by atoms with van der Waals surface area (Å²) >= 11 is 3.19. The van der Waals surface area contributed by atoms with Gasteiger partial charge in [-0.1, -0.05) is 15.9 Å². The van der Waals surface area contributed by atoms with Crippen molar-refractivity contribution in [3.05, 3.63) is 40.1 Å². The maximum atomic E-state index is 13.3. The molecule has 1 aromatic rings. The molecular formula is C12H10BrFO3. The van der Waals surface area contributed by atoms with Gasteiger partial charge in [-0.3, -0.25) is 4.79 Å². The summed E-state index contributed by atoms with van der Waals surface area (Å²) in [7, 11) is 0. The first-order valence-electron chi connectivity index (χ1n) is 4.78. The topological polar surface area (TPSA) is 43.4 Å². The van der Waals surface area contributed by atoms with Crippen molar-refractivity contribution in [1.82, 2.24) is 0 Å². The smallest absolute Gasteiger partial charge is 0.331 e. The van der Waals surface area contributed by atoms with Gasteiger partial charge in [0.1, 0.15) is 12.4 Å². The highest BCUT2D eigenvalue weighted by Crippen LogP contribution is 2.16. The summed E-state index contributed by atoms with van der Waals surface area (Å²) in [6, 6.07) is 4.37. The Balaban J connectivity index is 2.67. The predicted molar refractivity (Wildman–Crippen MR) is 64.8 cm³/mol. The number of rotatable bonds is 4. The molecule has 0 aliphatic carbocycles. The molecule has 0 heterocycles. The summed E-state index contributed by atoms with van der Waals surface area (Å²) < 4.78 is 18.5. The zero-order valence-corrected chi connectivity index (χ0v) is 10.7. The lowest BCUT2D eigenvalue weighted by Crippen LogP contribution is -2.08. The number of ether oxygens (including phenoxy) is 1. The molecule has 0 radical (unpaired) electrons. The van der Waals surface area contributed by atoms with E-state index in [9.17, 15) is 14.0 Å². The Bertz CT molecular complexity index is 469. The molecular weight excluding hydrogens is 291 g/mol. The van der Waals surface area contributed by atoms with Gasteiger partial charge in [0, 0.05) is 16.1 Å². The van der Waals surface area contributed by atoms with E-state index >= 15 is 0 Å². The molecule has 0 amide bonds. The third-order valence-corrected chi connectivity index (χ3v) is 2.27. The van der Waals surface area contributed by atoms with Crippen molar-refractivity contribution in [2.45, 2.75) is 6.92 Å². The molecule has 0 atom stereocenters. The second-order valence-electron chi connectivity index (χ2n) is 3.31. The van der Waals surface area contributed by atoms with Gasteiger partial charge >= 0.3 is 5.97 Å². The van der Waals surface area contributed by atoms with Gasteiger partial charge in [-0.2, -0.15) is 0 Å². The summed E-state index contributed by atoms with van der Waals surface area (Å²) in [4.78, 5) is 21.7. The normalized spacial score (nSPS) is 10.5. The number of carbonyl (C=O) groups is 2. The molecule has 0 N–H and O–H groups in total. The van der Waals surface area contributed by atoms with Crippen LogP contribution in [0.4, 0.5) is 4.39 Å². The van der Waals surface area contributed by atoms with E-state index in [1.54, 1.807) is 6.07 Å². The zero-order chi connectivity index (χ0) is 12.8. The lowest BCUT2D eigenvalue weighted by atomic mass is 10.2. The van der Waals surface area contributed by atoms with Gasteiger partial charge in [-0.15, -0.1) is 0 Å². The number of hydrogen-bond acceptors (Lipinski definition) is 3. The monoisotopic (exact) mass is 300 g/mol. The molecule has 5 heteroatoms. The highest BCUT2D eigenvalue weighted by Gasteiger charge is 2.02. The minimum Gasteiger partial charge on any atom is -0.455 e. The minimum absolute atomic E-state index is 0.250. The fraction of sp³-hybridized carbons (Fsp3) is 0.167. The van der Waals surface area contributed by atoms with Gasteiger partial charge in [0.05, 0.1) is 0 Å². The van der Waals surface area contributed by atoms with Crippen molar-refractivity contribution in [2.75, 3.05) is 6.61 Å². The van der Waals surface area contributed by atoms with Gasteiger partial charge in [0.25, 0.3) is 0 Å². The van der Waals surface area contributed by atoms with Crippen molar-refractivity contribution in [1.29, 1.82) is 0 Å². The average molecular weight is 301 g/mol. The number of carbonyl (C=O) groups excluding carboxylic acids is 2. The van der Waals surface area contributed by atoms with Crippen LogP contribution in [0.2, 0.25) is 0 Å². The maximum absolute atomic E-state index is 13.3. The molecule has 17 heavy (non-hydrogen) atoms. The second-order valence-corrected chi connectivity index (χ2v) is 4.22. The molecule has 0 spiro atoms. The molecule has 0 fully saturated rings. The molecule has 0 saturated heterocycles. The summed E-state index contributed by atoms with van der Waals surface area (Å²) in [5.41, 5.74) is 0.263. The van der Waals surface area contributed by atoms with Crippen molar-refractivity contribution >= 4 is 33.8 Å². The largest absolute Gasteiger partial charge is 0.455 e. The Morgan fingerprint density at radius 1 is 1.47 bits per heavy atom. The van der Waals surface area contributed by atoms with Crippen LogP contribution in [0.5, 0.6) is 0 Å². The lowest BCUT2D eigenvalue weighted by molar-refractivity contribution is -0.142. The second kappa shape index (κ2) is 6.30. The van der Waals surface area contributed by atoms with Crippen LogP contribution in [-0.2, 0) is 14.3 Å². The molecule has 0 aliphatic rings. The molecule has 0 unspecified atom stereocenters. The Morgan fingerprint density at radius 2 is 2.18 bits per heavy atom. The molecule has 90 valence electrons. The highest BCUT2D eigenvalue weighted by atomic mass is 79.9. The Hall–Kier alpha value is -1.49. The van der Waals surface area contributed by atoms with E-state index < -0.39 is 11.8 Å². The Morgan fingerprint density at radius 3 is 2.82 bits per heavy atom. The van der Waals surface area contributed by atoms with E-state index in [0.29, 0.717) is 4.47 Å². The number of hydrogen-bond donors (Lipinski definition) is 0. The van der Waals surface area contributed by atoms with Gasteiger partial charge in [-0.25, -0.2) is 9.18 Å². The Kier molecular flexibility index (Phi) is 5.03. The molecule has 3 nitrogen and oxygen atoms in total. The van der Waals surface area contributed by atoms with E-state index in [-0.39, 0.29) is 18.0 Å². The lowest BCUT2D eigenvalue weighted by Gasteiger charge is -1.99. The van der Waals surface area contributed by atoms with Crippen LogP contribution in [-0.4, -0.2) is 18.4 Å². The molecule has 1 rings (SSSR count). The number of benzene rings is 1. The van der Waals surface area contributed by atoms with Crippen LogP contribution < -0.4 is 0 Å². The van der Waals surface area contributed by atoms with Crippen LogP contribution in [0.3, 0.4) is 0 Å². The van der Waals surface area contributed by atoms with Crippen molar-refractivity contribution in [2.24, 2.45) is 0 Å². The first-order valence-corrected chi connectivity index (χ1v) is 5.57. The first-order chi connectivity index (χ1) is 7.99. The average Bonchev–Trinajstić information content (AvgIpc) is 2.27. The van der Waals surface area contributed by atoms with Gasteiger partial charge in [-0.05, 0) is 31.2 Å². The summed E-state index contributed by atoms with van der Waals surface area (Å²) in [5, 5.41) is 0. The molecule has 1 aromatic carbocycles. The zero-order valence-electron chi connectivity index (χ0n) is 9.07. The molecule has 0 aliphatic heterocycles. The minimum atomic E-state index is -0.681. The van der Waals surface area contributed by atoms with Crippen LogP contribution in [0, 0.1) is 5.82 Å². The van der Waals surface area contributed by atoms with Gasteiger partial charge in [0.2, 0.25) is 0 Å². The van der Waals surface area contributed by atoms with Crippen LogP contribution >= 0.6 is 15.9 Å². The van der Waals surface area contributed by atoms with E-state index in [1.807, 2.05) is 0 Å². The van der Waals surface area contributed by atoms with E-state index in [1.165, 1.54) is 25.1 Å². The van der Waals surface area contributed by atoms with Crippen LogP contribution in [0.15, 0.2) is 28.7 Å². The summed E-state index contributed by atoms with van der Waals surface area (Å²) in [6.45, 7) is 1.04. The van der Waals surface area contributed by atoms with Crippen LogP contribution in [0.1, 0.15) is 12.5 Å². The highest BCUT2D eigenvalue weighted by molar-refractivity contribution is 9.10. The van der Waals surface area contributed by atoms with Crippen LogP contribution in [0.25, 0.3) is 6.08 Å². The fourth-order valence-corrected chi connectivity index (χ4v) is 1.40. The number of halogens is 2. The van der Waals surface area contributed by atoms with Gasteiger partial charge in [0.15, 0.2) is 5.78 Å². The van der Waals surface area contributed by atoms with Crippen molar-refractivity contribution in [3.8, 4) is 0 Å². The standard InChI is InChI=1S/C12H10BrFO3/c1-8(15)7-17-12(16)5-2-9-6-10(13)3-4-11(9)14/h2-6H,7H2,1H3/b5-2+. The third-order valence-electron chi connectivity index (χ3n) is 1.77. The third kappa shape index (κ3) is 4.91. The van der Waals surface area contributed by atoms with Crippen molar-refractivity contribution < 1.29 is 18.7 Å². The molecule has 0 bridgehead atoms. The van der Waals surface area contributed by atoms with E-state index in [0.717, 1.165) is 6.08 Å². The molecule has 0 saturated carbocycles. The fourth-order valence-electron chi connectivity index (χ4n) is 1.02. The maximum Gasteiger partial charge on any atom is 0.331 e. The van der Waals surface area contributed by atoms with Gasteiger partial charge < -0.3 is 4.74 Å². The molecule has 0 aromatic heterocycles. The summed E-state index contributed by atoms with van der Waals surface area (Å²) in [6.07, 6.45) is 2.37. The SMILES string of the molecule is CC(=O)COC(=O)/C=C/c1cc(Br)ccc1F. The number of ketones is 1. The summed E-state index contributed by atoms with van der Waals surface area (Å²) in [5.74, 6) is -1.37. The predicted octanol–water partition coefficient (Wildman–Crippen LogP) is 2.73. The van der Waals surface area contributed by atoms with Crippen molar-refractivity contribution in [3.63, 3.8) is 0 Å². The Labute approximate surface area is 106 Å². The van der Waals surface area contributed by atoms with E-state index in [4.69, 9.17) is 0 Å². The number of Topliss-reactive ketones (excluding diaryl/α,β-unsaturated/α-hetero) is 1. The number of esters is 1. The quantitative estimate of drug-likeness (QED) is 0.634.